The number of nitrogens with two attached hydrogens (primary N) is 1. The van der Waals surface area contributed by atoms with Gasteiger partial charge in [0.15, 0.2) is 0 Å². The second-order valence-corrected chi connectivity index (χ2v) is 6.91. The third kappa shape index (κ3) is 3.25. The first-order valence-corrected chi connectivity index (χ1v) is 8.35. The molecule has 6 nitrogen and oxygen atoms in total. The fourth-order valence-electron chi connectivity index (χ4n) is 2.56. The molecule has 1 heterocycles. The Kier molecular flexibility index (Phi) is 4.97. The molecule has 0 amide bonds. The lowest BCUT2D eigenvalue weighted by atomic mass is 10.1. The van der Waals surface area contributed by atoms with E-state index in [2.05, 4.69) is 4.74 Å². The van der Waals surface area contributed by atoms with Crippen LogP contribution in [0.25, 0.3) is 0 Å². The number of ether oxygens (including phenoxy) is 1. The Morgan fingerprint density at radius 3 is 2.86 bits per heavy atom. The first kappa shape index (κ1) is 15.9. The SMILES string of the molecule is COC(=O)c1cccc(S(=O)(=O)N2CCCCC2CN)c1. The monoisotopic (exact) mass is 312 g/mol. The van der Waals surface area contributed by atoms with E-state index in [0.29, 0.717) is 13.1 Å². The van der Waals surface area contributed by atoms with Gasteiger partial charge >= 0.3 is 5.97 Å². The van der Waals surface area contributed by atoms with Gasteiger partial charge in [-0.25, -0.2) is 13.2 Å². The number of rotatable bonds is 4. The molecule has 1 saturated heterocycles. The number of methoxy groups -OCH3 is 1. The maximum Gasteiger partial charge on any atom is 0.337 e. The molecule has 2 N–H and O–H groups in total. The summed E-state index contributed by atoms with van der Waals surface area (Å²) >= 11 is 0. The minimum absolute atomic E-state index is 0.103. The van der Waals surface area contributed by atoms with E-state index in [4.69, 9.17) is 5.73 Å². The first-order chi connectivity index (χ1) is 10.0. The Balaban J connectivity index is 2.36. The van der Waals surface area contributed by atoms with Crippen molar-refractivity contribution in [1.29, 1.82) is 0 Å². The zero-order chi connectivity index (χ0) is 15.5. The standard InChI is InChI=1S/C14H20N2O4S/c1-20-14(17)11-5-4-7-13(9-11)21(18,19)16-8-3-2-6-12(16)10-15/h4-5,7,9,12H,2-3,6,8,10,15H2,1H3. The highest BCUT2D eigenvalue weighted by molar-refractivity contribution is 7.89. The van der Waals surface area contributed by atoms with E-state index in [9.17, 15) is 13.2 Å². The van der Waals surface area contributed by atoms with Gasteiger partial charge in [0.05, 0.1) is 17.6 Å². The first-order valence-electron chi connectivity index (χ1n) is 6.91. The topological polar surface area (TPSA) is 89.7 Å². The highest BCUT2D eigenvalue weighted by atomic mass is 32.2. The predicted octanol–water partition coefficient (Wildman–Crippen LogP) is 0.975. The molecule has 1 aliphatic heterocycles. The molecule has 1 aromatic carbocycles. The second-order valence-electron chi connectivity index (χ2n) is 5.02. The van der Waals surface area contributed by atoms with E-state index in [1.165, 1.54) is 29.6 Å². The van der Waals surface area contributed by atoms with Gasteiger partial charge < -0.3 is 10.5 Å². The molecule has 0 saturated carbocycles. The number of hydrogen-bond donors (Lipinski definition) is 1. The molecule has 0 radical (unpaired) electrons. The summed E-state index contributed by atoms with van der Waals surface area (Å²) in [7, 11) is -2.38. The van der Waals surface area contributed by atoms with Gasteiger partial charge in [-0.15, -0.1) is 0 Å². The summed E-state index contributed by atoms with van der Waals surface area (Å²) in [6.07, 6.45) is 2.58. The van der Waals surface area contributed by atoms with Gasteiger partial charge in [0.1, 0.15) is 0 Å². The van der Waals surface area contributed by atoms with Crippen LogP contribution in [0, 0.1) is 0 Å². The van der Waals surface area contributed by atoms with Gasteiger partial charge in [-0.3, -0.25) is 0 Å². The lowest BCUT2D eigenvalue weighted by molar-refractivity contribution is 0.0600. The highest BCUT2D eigenvalue weighted by Crippen LogP contribution is 2.25. The Bertz CT molecular complexity index is 615. The van der Waals surface area contributed by atoms with E-state index in [-0.39, 0.29) is 16.5 Å². The molecule has 0 aromatic heterocycles. The van der Waals surface area contributed by atoms with Gasteiger partial charge in [0.2, 0.25) is 10.0 Å². The van der Waals surface area contributed by atoms with E-state index >= 15 is 0 Å². The van der Waals surface area contributed by atoms with Crippen LogP contribution < -0.4 is 5.73 Å². The molecular formula is C14H20N2O4S. The van der Waals surface area contributed by atoms with Crippen molar-refractivity contribution in [2.24, 2.45) is 5.73 Å². The third-order valence-corrected chi connectivity index (χ3v) is 5.65. The average molecular weight is 312 g/mol. The molecule has 1 atom stereocenters. The minimum Gasteiger partial charge on any atom is -0.465 e. The summed E-state index contributed by atoms with van der Waals surface area (Å²) in [5, 5.41) is 0. The van der Waals surface area contributed by atoms with Crippen LogP contribution in [0.2, 0.25) is 0 Å². The summed E-state index contributed by atoms with van der Waals surface area (Å²) in [6, 6.07) is 5.74. The van der Waals surface area contributed by atoms with Crippen molar-refractivity contribution < 1.29 is 17.9 Å². The average Bonchev–Trinajstić information content (AvgIpc) is 2.54. The van der Waals surface area contributed by atoms with Crippen molar-refractivity contribution in [2.75, 3.05) is 20.2 Å². The maximum atomic E-state index is 12.7. The van der Waals surface area contributed by atoms with Crippen LogP contribution in [0.5, 0.6) is 0 Å². The highest BCUT2D eigenvalue weighted by Gasteiger charge is 2.32. The number of hydrogen-bond acceptors (Lipinski definition) is 5. The summed E-state index contributed by atoms with van der Waals surface area (Å²) in [5.74, 6) is -0.555. The maximum absolute atomic E-state index is 12.7. The van der Waals surface area contributed by atoms with Gasteiger partial charge in [-0.2, -0.15) is 4.31 Å². The van der Waals surface area contributed by atoms with Crippen LogP contribution in [-0.4, -0.2) is 44.9 Å². The third-order valence-electron chi connectivity index (χ3n) is 3.71. The summed E-state index contributed by atoms with van der Waals surface area (Å²) in [6.45, 7) is 0.766. The number of nitrogens with zero attached hydrogens (tertiary/aromatic N) is 1. The molecule has 0 spiro atoms. The van der Waals surface area contributed by atoms with Crippen molar-refractivity contribution in [1.82, 2.24) is 4.31 Å². The van der Waals surface area contributed by atoms with Crippen molar-refractivity contribution in [3.63, 3.8) is 0 Å². The summed E-state index contributed by atoms with van der Waals surface area (Å²) in [5.41, 5.74) is 5.91. The zero-order valence-corrected chi connectivity index (χ0v) is 12.8. The Morgan fingerprint density at radius 2 is 2.19 bits per heavy atom. The fourth-order valence-corrected chi connectivity index (χ4v) is 4.31. The van der Waals surface area contributed by atoms with Gasteiger partial charge in [0, 0.05) is 19.1 Å². The molecule has 1 fully saturated rings. The van der Waals surface area contributed by atoms with Crippen molar-refractivity contribution >= 4 is 16.0 Å². The normalized spacial score (nSPS) is 20.2. The van der Waals surface area contributed by atoms with Crippen LogP contribution in [0.3, 0.4) is 0 Å². The smallest absolute Gasteiger partial charge is 0.337 e. The van der Waals surface area contributed by atoms with E-state index in [0.717, 1.165) is 19.3 Å². The summed E-state index contributed by atoms with van der Waals surface area (Å²) < 4.78 is 31.6. The molecule has 0 aliphatic carbocycles. The molecule has 116 valence electrons. The Hall–Kier alpha value is -1.44. The number of carbonyl (C=O) groups excluding carboxylic acids is 1. The van der Waals surface area contributed by atoms with E-state index < -0.39 is 16.0 Å². The molecule has 1 aliphatic rings. The van der Waals surface area contributed by atoms with Crippen LogP contribution in [0.15, 0.2) is 29.2 Å². The van der Waals surface area contributed by atoms with Crippen molar-refractivity contribution in [2.45, 2.75) is 30.2 Å². The molecule has 1 unspecified atom stereocenters. The predicted molar refractivity (Wildman–Crippen MR) is 78.4 cm³/mol. The van der Waals surface area contributed by atoms with Gasteiger partial charge in [-0.1, -0.05) is 12.5 Å². The van der Waals surface area contributed by atoms with Crippen molar-refractivity contribution in [3.05, 3.63) is 29.8 Å². The molecule has 0 bridgehead atoms. The number of carbonyl (C=O) groups is 1. The van der Waals surface area contributed by atoms with Crippen LogP contribution >= 0.6 is 0 Å². The van der Waals surface area contributed by atoms with Gasteiger partial charge in [0.25, 0.3) is 0 Å². The van der Waals surface area contributed by atoms with Crippen LogP contribution in [0.4, 0.5) is 0 Å². The molecular weight excluding hydrogens is 292 g/mol. The largest absolute Gasteiger partial charge is 0.465 e. The number of benzene rings is 1. The lowest BCUT2D eigenvalue weighted by Gasteiger charge is -2.33. The second kappa shape index (κ2) is 6.55. The van der Waals surface area contributed by atoms with Gasteiger partial charge in [-0.05, 0) is 31.0 Å². The van der Waals surface area contributed by atoms with Crippen molar-refractivity contribution in [3.8, 4) is 0 Å². The Labute approximate surface area is 124 Å². The molecule has 21 heavy (non-hydrogen) atoms. The zero-order valence-electron chi connectivity index (χ0n) is 12.0. The van der Waals surface area contributed by atoms with E-state index in [1.54, 1.807) is 6.07 Å². The Morgan fingerprint density at radius 1 is 1.43 bits per heavy atom. The molecule has 7 heteroatoms. The number of esters is 1. The fraction of sp³-hybridized carbons (Fsp3) is 0.500. The minimum atomic E-state index is -3.64. The summed E-state index contributed by atoms with van der Waals surface area (Å²) in [4.78, 5) is 11.6. The molecule has 2 rings (SSSR count). The quantitative estimate of drug-likeness (QED) is 0.837. The van der Waals surface area contributed by atoms with Crippen LogP contribution in [-0.2, 0) is 14.8 Å². The number of piperidine rings is 1. The lowest BCUT2D eigenvalue weighted by Crippen LogP contribution is -2.47. The number of sulfonamides is 1. The van der Waals surface area contributed by atoms with E-state index in [1.807, 2.05) is 0 Å². The molecule has 1 aromatic rings. The van der Waals surface area contributed by atoms with Crippen LogP contribution in [0.1, 0.15) is 29.6 Å².